The number of fused-ring (bicyclic) bond motifs is 5. The number of rotatable bonds is 2. The minimum absolute atomic E-state index is 0.758. The Morgan fingerprint density at radius 1 is 1.19 bits per heavy atom. The maximum Gasteiger partial charge on any atom is 0.182 e. The number of hydrogen-bond donors (Lipinski definition) is 0. The lowest BCUT2D eigenvalue weighted by atomic mass is 9.89. The minimum Gasteiger partial charge on any atom is -0.378 e. The molecule has 5 rings (SSSR count). The highest BCUT2D eigenvalue weighted by atomic mass is 32.1. The first-order chi connectivity index (χ1) is 12.6. The van der Waals surface area contributed by atoms with Gasteiger partial charge in [-0.1, -0.05) is 6.92 Å². The van der Waals surface area contributed by atoms with Crippen LogP contribution in [0, 0.1) is 5.92 Å². The second-order valence-electron chi connectivity index (χ2n) is 7.42. The summed E-state index contributed by atoms with van der Waals surface area (Å²) >= 11 is 1.83. The summed E-state index contributed by atoms with van der Waals surface area (Å²) in [5.74, 6) is 1.52. The molecule has 0 saturated heterocycles. The van der Waals surface area contributed by atoms with Gasteiger partial charge in [0, 0.05) is 30.2 Å². The highest BCUT2D eigenvalue weighted by Gasteiger charge is 2.23. The second kappa shape index (κ2) is 5.77. The van der Waals surface area contributed by atoms with E-state index in [1.54, 1.807) is 6.33 Å². The molecule has 1 aliphatic rings. The molecule has 0 fully saturated rings. The molecule has 5 nitrogen and oxygen atoms in total. The fourth-order valence-electron chi connectivity index (χ4n) is 3.77. The molecule has 3 heterocycles. The van der Waals surface area contributed by atoms with Crippen LogP contribution in [0.5, 0.6) is 0 Å². The first-order valence-electron chi connectivity index (χ1n) is 9.03. The number of aromatic nitrogens is 4. The van der Waals surface area contributed by atoms with Crippen LogP contribution >= 0.6 is 11.3 Å². The Bertz CT molecular complexity index is 1110. The Morgan fingerprint density at radius 3 is 2.77 bits per heavy atom. The molecule has 0 aliphatic heterocycles. The van der Waals surface area contributed by atoms with E-state index in [0.29, 0.717) is 0 Å². The van der Waals surface area contributed by atoms with E-state index in [1.165, 1.54) is 27.9 Å². The number of hydrogen-bond acceptors (Lipinski definition) is 5. The number of nitrogens with zero attached hydrogens (tertiary/aromatic N) is 5. The van der Waals surface area contributed by atoms with E-state index in [1.807, 2.05) is 29.9 Å². The van der Waals surface area contributed by atoms with E-state index in [4.69, 9.17) is 4.98 Å². The number of anilines is 1. The Labute approximate surface area is 156 Å². The first-order valence-corrected chi connectivity index (χ1v) is 9.85. The van der Waals surface area contributed by atoms with Gasteiger partial charge in [0.25, 0.3) is 0 Å². The van der Waals surface area contributed by atoms with Gasteiger partial charge in [-0.2, -0.15) is 0 Å². The van der Waals surface area contributed by atoms with Crippen LogP contribution in [0.1, 0.15) is 23.8 Å². The summed E-state index contributed by atoms with van der Waals surface area (Å²) < 4.78 is 1.84. The van der Waals surface area contributed by atoms with Gasteiger partial charge in [0.05, 0.1) is 5.39 Å². The summed E-state index contributed by atoms with van der Waals surface area (Å²) in [5.41, 5.74) is 4.59. The van der Waals surface area contributed by atoms with Crippen molar-refractivity contribution < 1.29 is 0 Å². The van der Waals surface area contributed by atoms with E-state index in [2.05, 4.69) is 46.2 Å². The van der Waals surface area contributed by atoms with Gasteiger partial charge in [0.2, 0.25) is 0 Å². The van der Waals surface area contributed by atoms with E-state index in [-0.39, 0.29) is 0 Å². The molecular formula is C20H21N5S. The van der Waals surface area contributed by atoms with Crippen molar-refractivity contribution in [1.29, 1.82) is 0 Å². The van der Waals surface area contributed by atoms with Crippen molar-refractivity contribution in [3.05, 3.63) is 41.0 Å². The molecule has 26 heavy (non-hydrogen) atoms. The van der Waals surface area contributed by atoms with Gasteiger partial charge in [-0.3, -0.25) is 0 Å². The van der Waals surface area contributed by atoms with Crippen molar-refractivity contribution in [1.82, 2.24) is 19.6 Å². The first kappa shape index (κ1) is 15.8. The van der Waals surface area contributed by atoms with E-state index in [0.717, 1.165) is 40.6 Å². The predicted molar refractivity (Wildman–Crippen MR) is 107 cm³/mol. The molecule has 1 atom stereocenters. The van der Waals surface area contributed by atoms with Gasteiger partial charge in [0.1, 0.15) is 11.2 Å². The van der Waals surface area contributed by atoms with Gasteiger partial charge < -0.3 is 4.90 Å². The van der Waals surface area contributed by atoms with Crippen molar-refractivity contribution in [3.63, 3.8) is 0 Å². The molecule has 0 bridgehead atoms. The van der Waals surface area contributed by atoms with Gasteiger partial charge in [0.15, 0.2) is 11.5 Å². The molecule has 0 radical (unpaired) electrons. The third-order valence-electron chi connectivity index (χ3n) is 5.27. The maximum atomic E-state index is 4.89. The van der Waals surface area contributed by atoms with Crippen molar-refractivity contribution in [3.8, 4) is 11.4 Å². The summed E-state index contributed by atoms with van der Waals surface area (Å²) in [7, 11) is 4.09. The summed E-state index contributed by atoms with van der Waals surface area (Å²) in [4.78, 5) is 14.2. The highest BCUT2D eigenvalue weighted by Crippen LogP contribution is 2.38. The SMILES string of the molecule is CC1CCc2c(sc3ncn4nc(-c5ccc(N(C)C)cc5)nc4c23)C1. The fourth-order valence-corrected chi connectivity index (χ4v) is 5.12. The van der Waals surface area contributed by atoms with Crippen LogP contribution in [0.25, 0.3) is 27.3 Å². The summed E-state index contributed by atoms with van der Waals surface area (Å²) in [6.45, 7) is 2.34. The summed E-state index contributed by atoms with van der Waals surface area (Å²) in [6, 6.07) is 8.37. The van der Waals surface area contributed by atoms with Crippen molar-refractivity contribution in [2.75, 3.05) is 19.0 Å². The standard InChI is InChI=1S/C20H21N5S/c1-12-4-9-15-16(10-12)26-20-17(15)19-22-18(23-25(19)11-21-20)13-5-7-14(8-6-13)24(2)3/h5-8,11-12H,4,9-10H2,1-3H3. The molecule has 0 amide bonds. The molecule has 0 N–H and O–H groups in total. The van der Waals surface area contributed by atoms with Crippen molar-refractivity contribution in [2.45, 2.75) is 26.2 Å². The van der Waals surface area contributed by atoms with E-state index in [9.17, 15) is 0 Å². The van der Waals surface area contributed by atoms with Crippen LogP contribution < -0.4 is 4.90 Å². The average Bonchev–Trinajstić information content (AvgIpc) is 3.21. The molecule has 0 saturated carbocycles. The molecule has 1 aromatic carbocycles. The second-order valence-corrected chi connectivity index (χ2v) is 8.50. The van der Waals surface area contributed by atoms with E-state index < -0.39 is 0 Å². The zero-order valence-electron chi connectivity index (χ0n) is 15.2. The van der Waals surface area contributed by atoms with Gasteiger partial charge in [-0.05, 0) is 55.0 Å². The molecule has 3 aromatic heterocycles. The van der Waals surface area contributed by atoms with E-state index >= 15 is 0 Å². The zero-order chi connectivity index (χ0) is 17.8. The minimum atomic E-state index is 0.758. The Hall–Kier alpha value is -2.47. The van der Waals surface area contributed by atoms with Crippen LogP contribution in [0.2, 0.25) is 0 Å². The lowest BCUT2D eigenvalue weighted by molar-refractivity contribution is 0.509. The average molecular weight is 363 g/mol. The maximum absolute atomic E-state index is 4.89. The number of aryl methyl sites for hydroxylation is 1. The zero-order valence-corrected chi connectivity index (χ0v) is 16.0. The Morgan fingerprint density at radius 2 is 2.00 bits per heavy atom. The van der Waals surface area contributed by atoms with Gasteiger partial charge in [-0.25, -0.2) is 14.5 Å². The summed E-state index contributed by atoms with van der Waals surface area (Å²) in [5, 5.41) is 5.90. The molecule has 132 valence electrons. The Balaban J connectivity index is 1.66. The van der Waals surface area contributed by atoms with Crippen LogP contribution in [0.15, 0.2) is 30.6 Å². The molecule has 6 heteroatoms. The van der Waals surface area contributed by atoms with Crippen LogP contribution in [-0.2, 0) is 12.8 Å². The smallest absolute Gasteiger partial charge is 0.182 e. The predicted octanol–water partition coefficient (Wildman–Crippen LogP) is 4.20. The quantitative estimate of drug-likeness (QED) is 0.535. The highest BCUT2D eigenvalue weighted by molar-refractivity contribution is 7.19. The molecule has 1 aliphatic carbocycles. The topological polar surface area (TPSA) is 46.3 Å². The van der Waals surface area contributed by atoms with Crippen LogP contribution in [0.4, 0.5) is 5.69 Å². The molecule has 4 aromatic rings. The van der Waals surface area contributed by atoms with Gasteiger partial charge in [-0.15, -0.1) is 16.4 Å². The fraction of sp³-hybridized carbons (Fsp3) is 0.350. The lowest BCUT2D eigenvalue weighted by Crippen LogP contribution is -2.08. The number of benzene rings is 1. The van der Waals surface area contributed by atoms with Gasteiger partial charge >= 0.3 is 0 Å². The molecular weight excluding hydrogens is 342 g/mol. The summed E-state index contributed by atoms with van der Waals surface area (Å²) in [6.07, 6.45) is 5.33. The number of thiophene rings is 1. The molecule has 0 spiro atoms. The van der Waals surface area contributed by atoms with Crippen LogP contribution in [0.3, 0.4) is 0 Å². The normalized spacial score (nSPS) is 17.0. The lowest BCUT2D eigenvalue weighted by Gasteiger charge is -2.17. The largest absolute Gasteiger partial charge is 0.378 e. The Kier molecular flexibility index (Phi) is 3.50. The van der Waals surface area contributed by atoms with Crippen molar-refractivity contribution >= 4 is 32.9 Å². The monoisotopic (exact) mass is 363 g/mol. The third-order valence-corrected chi connectivity index (χ3v) is 6.44. The van der Waals surface area contributed by atoms with Crippen molar-refractivity contribution in [2.24, 2.45) is 5.92 Å². The van der Waals surface area contributed by atoms with Crippen LogP contribution in [-0.4, -0.2) is 33.7 Å². The third kappa shape index (κ3) is 2.40. The molecule has 1 unspecified atom stereocenters.